The second kappa shape index (κ2) is 7.00. The molecule has 0 bridgehead atoms. The molecular weight excluding hydrogens is 308 g/mol. The lowest BCUT2D eigenvalue weighted by Gasteiger charge is -2.28. The highest BCUT2D eigenvalue weighted by molar-refractivity contribution is 8.14. The molecule has 4 nitrogen and oxygen atoms in total. The van der Waals surface area contributed by atoms with Crippen molar-refractivity contribution in [1.82, 2.24) is 5.32 Å². The molecule has 1 aliphatic heterocycles. The van der Waals surface area contributed by atoms with Crippen molar-refractivity contribution in [3.05, 3.63) is 46.1 Å². The Morgan fingerprint density at radius 1 is 1.48 bits per heavy atom. The number of esters is 1. The van der Waals surface area contributed by atoms with Gasteiger partial charge in [-0.2, -0.15) is 0 Å². The third-order valence-corrected chi connectivity index (χ3v) is 4.65. The Morgan fingerprint density at radius 2 is 2.19 bits per heavy atom. The van der Waals surface area contributed by atoms with Crippen molar-refractivity contribution in [3.63, 3.8) is 0 Å². The Balaban J connectivity index is 2.51. The molecule has 21 heavy (non-hydrogen) atoms. The maximum absolute atomic E-state index is 12.3. The number of halogens is 1. The minimum Gasteiger partial charge on any atom is -0.463 e. The number of hydrogen-bond donors (Lipinski definition) is 1. The Bertz CT molecular complexity index is 613. The number of rotatable bonds is 3. The number of carbonyl (C=O) groups is 1. The Hall–Kier alpha value is -1.46. The number of amidine groups is 1. The molecule has 0 saturated carbocycles. The van der Waals surface area contributed by atoms with Gasteiger partial charge in [-0.1, -0.05) is 41.6 Å². The van der Waals surface area contributed by atoms with Gasteiger partial charge in [-0.15, -0.1) is 0 Å². The van der Waals surface area contributed by atoms with Crippen LogP contribution < -0.4 is 5.32 Å². The van der Waals surface area contributed by atoms with E-state index >= 15 is 0 Å². The molecule has 1 atom stereocenters. The van der Waals surface area contributed by atoms with E-state index in [0.717, 1.165) is 16.4 Å². The van der Waals surface area contributed by atoms with E-state index in [0.29, 0.717) is 17.2 Å². The highest BCUT2D eigenvalue weighted by Gasteiger charge is 2.33. The third kappa shape index (κ3) is 3.41. The van der Waals surface area contributed by atoms with Crippen molar-refractivity contribution in [2.45, 2.75) is 19.1 Å². The van der Waals surface area contributed by atoms with Crippen molar-refractivity contribution in [3.8, 4) is 0 Å². The first-order valence-corrected chi connectivity index (χ1v) is 7.87. The van der Waals surface area contributed by atoms with E-state index in [4.69, 9.17) is 16.3 Å². The molecule has 0 spiro atoms. The van der Waals surface area contributed by atoms with E-state index in [1.165, 1.54) is 11.8 Å². The van der Waals surface area contributed by atoms with Crippen LogP contribution in [0.2, 0.25) is 5.02 Å². The molecule has 0 aromatic heterocycles. The molecule has 1 aromatic rings. The number of benzene rings is 1. The topological polar surface area (TPSA) is 50.7 Å². The van der Waals surface area contributed by atoms with Crippen LogP contribution in [0.1, 0.15) is 24.7 Å². The number of hydrogen-bond acceptors (Lipinski definition) is 4. The van der Waals surface area contributed by atoms with Crippen molar-refractivity contribution in [1.29, 1.82) is 0 Å². The van der Waals surface area contributed by atoms with Crippen molar-refractivity contribution in [2.75, 3.05) is 13.7 Å². The molecule has 6 heteroatoms. The summed E-state index contributed by atoms with van der Waals surface area (Å²) >= 11 is 7.76. The van der Waals surface area contributed by atoms with E-state index in [1.807, 2.05) is 31.2 Å². The average molecular weight is 325 g/mol. The lowest BCUT2D eigenvalue weighted by atomic mass is 10.0. The van der Waals surface area contributed by atoms with Gasteiger partial charge in [0.05, 0.1) is 17.4 Å². The van der Waals surface area contributed by atoms with Crippen molar-refractivity contribution in [2.24, 2.45) is 4.99 Å². The van der Waals surface area contributed by atoms with Gasteiger partial charge in [0.1, 0.15) is 0 Å². The number of carbonyl (C=O) groups excluding carboxylic acids is 1. The molecule has 1 heterocycles. The number of thioether (sulfide) groups is 1. The zero-order valence-corrected chi connectivity index (χ0v) is 13.7. The quantitative estimate of drug-likeness (QED) is 0.864. The molecular formula is C15H17ClN2O2S. The van der Waals surface area contributed by atoms with Gasteiger partial charge in [-0.25, -0.2) is 4.79 Å². The van der Waals surface area contributed by atoms with E-state index in [9.17, 15) is 4.79 Å². The molecule has 0 saturated heterocycles. The predicted octanol–water partition coefficient (Wildman–Crippen LogP) is 3.54. The summed E-state index contributed by atoms with van der Waals surface area (Å²) in [5.41, 5.74) is 2.22. The molecule has 1 unspecified atom stereocenters. The maximum atomic E-state index is 12.3. The van der Waals surface area contributed by atoms with Gasteiger partial charge in [0.15, 0.2) is 5.17 Å². The molecule has 1 aliphatic rings. The summed E-state index contributed by atoms with van der Waals surface area (Å²) in [6, 6.07) is 7.52. The van der Waals surface area contributed by atoms with Crippen LogP contribution in [0.4, 0.5) is 0 Å². The Kier molecular flexibility index (Phi) is 5.31. The molecule has 0 amide bonds. The molecule has 0 aliphatic carbocycles. The highest BCUT2D eigenvalue weighted by atomic mass is 35.5. The van der Waals surface area contributed by atoms with Gasteiger partial charge in [-0.3, -0.25) is 4.99 Å². The molecule has 1 aromatic carbocycles. The summed E-state index contributed by atoms with van der Waals surface area (Å²) in [5.74, 6) is -0.324. The zero-order chi connectivity index (χ0) is 15.4. The fourth-order valence-corrected chi connectivity index (χ4v) is 3.68. The van der Waals surface area contributed by atoms with Crippen LogP contribution in [0, 0.1) is 0 Å². The van der Waals surface area contributed by atoms with Gasteiger partial charge < -0.3 is 10.1 Å². The average Bonchev–Trinajstić information content (AvgIpc) is 2.47. The van der Waals surface area contributed by atoms with Crippen LogP contribution in [0.5, 0.6) is 0 Å². The number of nitrogens with zero attached hydrogens (tertiary/aromatic N) is 1. The fourth-order valence-electron chi connectivity index (χ4n) is 2.11. The largest absolute Gasteiger partial charge is 0.463 e. The minimum atomic E-state index is -0.324. The van der Waals surface area contributed by atoms with Gasteiger partial charge in [0.25, 0.3) is 0 Å². The van der Waals surface area contributed by atoms with Crippen LogP contribution in [0.25, 0.3) is 0 Å². The standard InChI is InChI=1S/C15H17ClN2O2S/c1-4-20-14(19)12-9(2)18-15(17-3)21-13(12)10-7-5-6-8-11(10)16/h5-8,13H,4H2,1-3H3,(H,17,18). The normalized spacial score (nSPS) is 20.4. The second-order valence-corrected chi connectivity index (χ2v) is 5.93. The second-order valence-electron chi connectivity index (χ2n) is 4.43. The molecule has 2 rings (SSSR count). The monoisotopic (exact) mass is 324 g/mol. The first-order chi connectivity index (χ1) is 10.1. The number of allylic oxidation sites excluding steroid dienone is 1. The summed E-state index contributed by atoms with van der Waals surface area (Å²) in [6.07, 6.45) is 0. The van der Waals surface area contributed by atoms with E-state index in [2.05, 4.69) is 10.3 Å². The number of aliphatic imine (C=N–C) groups is 1. The van der Waals surface area contributed by atoms with Crippen molar-refractivity contribution < 1.29 is 9.53 Å². The van der Waals surface area contributed by atoms with E-state index in [-0.39, 0.29) is 11.2 Å². The van der Waals surface area contributed by atoms with Gasteiger partial charge in [0.2, 0.25) is 0 Å². The molecule has 112 valence electrons. The SMILES string of the molecule is CCOC(=O)C1=C(C)NC(=NC)SC1c1ccccc1Cl. The summed E-state index contributed by atoms with van der Waals surface area (Å²) in [7, 11) is 1.71. The summed E-state index contributed by atoms with van der Waals surface area (Å²) in [5, 5.41) is 4.28. The van der Waals surface area contributed by atoms with Gasteiger partial charge >= 0.3 is 5.97 Å². The number of ether oxygens (including phenoxy) is 1. The Morgan fingerprint density at radius 3 is 2.81 bits per heavy atom. The zero-order valence-electron chi connectivity index (χ0n) is 12.1. The van der Waals surface area contributed by atoms with Crippen LogP contribution in [0.3, 0.4) is 0 Å². The van der Waals surface area contributed by atoms with Crippen LogP contribution in [0.15, 0.2) is 40.5 Å². The van der Waals surface area contributed by atoms with E-state index in [1.54, 1.807) is 14.0 Å². The summed E-state index contributed by atoms with van der Waals surface area (Å²) in [6.45, 7) is 3.98. The summed E-state index contributed by atoms with van der Waals surface area (Å²) in [4.78, 5) is 16.5. The minimum absolute atomic E-state index is 0.224. The molecule has 0 fully saturated rings. The maximum Gasteiger partial charge on any atom is 0.337 e. The molecule has 0 radical (unpaired) electrons. The third-order valence-electron chi connectivity index (χ3n) is 3.08. The van der Waals surface area contributed by atoms with Gasteiger partial charge in [0, 0.05) is 17.8 Å². The van der Waals surface area contributed by atoms with Crippen LogP contribution in [-0.4, -0.2) is 24.8 Å². The van der Waals surface area contributed by atoms with Crippen LogP contribution in [-0.2, 0) is 9.53 Å². The molecule has 1 N–H and O–H groups in total. The Labute approximate surface area is 133 Å². The predicted molar refractivity (Wildman–Crippen MR) is 87.6 cm³/mol. The summed E-state index contributed by atoms with van der Waals surface area (Å²) < 4.78 is 5.18. The smallest absolute Gasteiger partial charge is 0.337 e. The van der Waals surface area contributed by atoms with E-state index < -0.39 is 0 Å². The van der Waals surface area contributed by atoms with Gasteiger partial charge in [-0.05, 0) is 25.5 Å². The van der Waals surface area contributed by atoms with Crippen LogP contribution >= 0.6 is 23.4 Å². The fraction of sp³-hybridized carbons (Fsp3) is 0.333. The first kappa shape index (κ1) is 15.9. The lowest BCUT2D eigenvalue weighted by molar-refractivity contribution is -0.138. The first-order valence-electron chi connectivity index (χ1n) is 6.61. The van der Waals surface area contributed by atoms with Crippen molar-refractivity contribution >= 4 is 34.5 Å². The number of nitrogens with one attached hydrogen (secondary N) is 1. The lowest BCUT2D eigenvalue weighted by Crippen LogP contribution is -2.30. The highest BCUT2D eigenvalue weighted by Crippen LogP contribution is 2.43.